The molecule has 0 aromatic heterocycles. The molecule has 5 fully saturated rings. The van der Waals surface area contributed by atoms with Crippen LogP contribution in [0.1, 0.15) is 99.3 Å². The molecule has 1 heterocycles. The van der Waals surface area contributed by atoms with Gasteiger partial charge in [0.2, 0.25) is 0 Å². The van der Waals surface area contributed by atoms with Crippen LogP contribution < -0.4 is 0 Å². The standard InChI is InChI=1S/C22H36O.C10H17NO5/c1-14-9-11-21(3)16(13-14)5-6-17-19-8-7-18(15(2)23)22(19,4)12-10-20(17)21;1-10(2,9(14)16-7-8(12)13)11-3-5-15-6-4-11/h14,16-20H,5-13H2,1-4H3;3-7H2,1-2H3,(H,12,13). The summed E-state index contributed by atoms with van der Waals surface area (Å²) in [5.74, 6) is 3.83. The van der Waals surface area contributed by atoms with Crippen molar-refractivity contribution in [3.05, 3.63) is 0 Å². The second-order valence-corrected chi connectivity index (χ2v) is 14.4. The lowest BCUT2D eigenvalue weighted by atomic mass is 9.44. The summed E-state index contributed by atoms with van der Waals surface area (Å²) in [6, 6.07) is 0. The van der Waals surface area contributed by atoms with E-state index in [9.17, 15) is 14.4 Å². The average molecular weight is 548 g/mol. The highest BCUT2D eigenvalue weighted by Crippen LogP contribution is 2.67. The van der Waals surface area contributed by atoms with Gasteiger partial charge in [0.15, 0.2) is 6.61 Å². The number of carboxylic acids is 1. The highest BCUT2D eigenvalue weighted by atomic mass is 16.6. The molecule has 4 saturated carbocycles. The van der Waals surface area contributed by atoms with Gasteiger partial charge < -0.3 is 14.6 Å². The number of aliphatic carboxylic acids is 1. The van der Waals surface area contributed by atoms with E-state index in [4.69, 9.17) is 14.6 Å². The zero-order chi connectivity index (χ0) is 28.6. The molecule has 0 spiro atoms. The molecule has 8 atom stereocenters. The van der Waals surface area contributed by atoms with Crippen LogP contribution in [0, 0.1) is 46.3 Å². The lowest BCUT2D eigenvalue weighted by Crippen LogP contribution is -2.55. The van der Waals surface area contributed by atoms with Gasteiger partial charge in [-0.3, -0.25) is 14.5 Å². The molecule has 222 valence electrons. The Bertz CT molecular complexity index is 912. The zero-order valence-corrected chi connectivity index (χ0v) is 25.3. The quantitative estimate of drug-likeness (QED) is 0.448. The Balaban J connectivity index is 0.000000195. The van der Waals surface area contributed by atoms with Crippen LogP contribution in [0.4, 0.5) is 0 Å². The Morgan fingerprint density at radius 2 is 1.59 bits per heavy atom. The number of hydrogen-bond acceptors (Lipinski definition) is 6. The molecule has 0 radical (unpaired) electrons. The first-order valence-corrected chi connectivity index (χ1v) is 15.5. The van der Waals surface area contributed by atoms with Crippen LogP contribution in [0.2, 0.25) is 0 Å². The monoisotopic (exact) mass is 547 g/mol. The van der Waals surface area contributed by atoms with Gasteiger partial charge in [-0.05, 0) is 113 Å². The van der Waals surface area contributed by atoms with Gasteiger partial charge in [0.1, 0.15) is 11.3 Å². The molecular weight excluding hydrogens is 494 g/mol. The Labute approximate surface area is 235 Å². The van der Waals surface area contributed by atoms with E-state index in [2.05, 4.69) is 20.8 Å². The zero-order valence-electron chi connectivity index (χ0n) is 25.3. The van der Waals surface area contributed by atoms with E-state index >= 15 is 0 Å². The maximum atomic E-state index is 12.2. The number of morpholine rings is 1. The fourth-order valence-electron chi connectivity index (χ4n) is 9.70. The first-order valence-electron chi connectivity index (χ1n) is 15.5. The number of hydrogen-bond donors (Lipinski definition) is 1. The normalized spacial score (nSPS) is 40.3. The van der Waals surface area contributed by atoms with Crippen molar-refractivity contribution in [2.24, 2.45) is 46.3 Å². The highest BCUT2D eigenvalue weighted by molar-refractivity contribution is 5.82. The summed E-state index contributed by atoms with van der Waals surface area (Å²) in [6.07, 6.45) is 12.6. The molecule has 4 aliphatic carbocycles. The molecule has 1 N–H and O–H groups in total. The van der Waals surface area contributed by atoms with Gasteiger partial charge in [0.25, 0.3) is 0 Å². The number of Topliss-reactive ketones (excluding diaryl/α,β-unsaturated/α-hetero) is 1. The molecule has 0 bridgehead atoms. The number of carboxylic acid groups (broad SMARTS) is 1. The minimum atomic E-state index is -1.15. The summed E-state index contributed by atoms with van der Waals surface area (Å²) >= 11 is 0. The Morgan fingerprint density at radius 3 is 2.23 bits per heavy atom. The fraction of sp³-hybridized carbons (Fsp3) is 0.906. The summed E-state index contributed by atoms with van der Waals surface area (Å²) in [4.78, 5) is 36.1. The van der Waals surface area contributed by atoms with Gasteiger partial charge in [-0.25, -0.2) is 4.79 Å². The molecule has 0 aromatic carbocycles. The summed E-state index contributed by atoms with van der Waals surface area (Å²) < 4.78 is 9.89. The van der Waals surface area contributed by atoms with Crippen LogP contribution in [-0.2, 0) is 23.9 Å². The van der Waals surface area contributed by atoms with Crippen molar-refractivity contribution in [2.75, 3.05) is 32.9 Å². The lowest BCUT2D eigenvalue weighted by molar-refractivity contribution is -0.165. The van der Waals surface area contributed by atoms with Crippen LogP contribution in [0.3, 0.4) is 0 Å². The Morgan fingerprint density at radius 1 is 0.949 bits per heavy atom. The molecule has 0 amide bonds. The Kier molecular flexibility index (Phi) is 9.22. The average Bonchev–Trinajstić information content (AvgIpc) is 3.26. The van der Waals surface area contributed by atoms with Crippen LogP contribution in [0.15, 0.2) is 0 Å². The van der Waals surface area contributed by atoms with Gasteiger partial charge in [-0.2, -0.15) is 0 Å². The largest absolute Gasteiger partial charge is 0.479 e. The third kappa shape index (κ3) is 5.95. The van der Waals surface area contributed by atoms with Crippen molar-refractivity contribution in [1.29, 1.82) is 0 Å². The predicted molar refractivity (Wildman–Crippen MR) is 150 cm³/mol. The molecule has 1 aliphatic heterocycles. The molecule has 5 rings (SSSR count). The predicted octanol–water partition coefficient (Wildman–Crippen LogP) is 5.60. The van der Waals surface area contributed by atoms with Gasteiger partial charge >= 0.3 is 11.9 Å². The van der Waals surface area contributed by atoms with E-state index in [1.807, 2.05) is 11.8 Å². The minimum absolute atomic E-state index is 0.332. The molecule has 0 aromatic rings. The van der Waals surface area contributed by atoms with Crippen LogP contribution in [0.5, 0.6) is 0 Å². The molecule has 7 heteroatoms. The molecule has 1 saturated heterocycles. The fourth-order valence-corrected chi connectivity index (χ4v) is 9.70. The number of ether oxygens (including phenoxy) is 2. The number of carbonyl (C=O) groups excluding carboxylic acids is 2. The van der Waals surface area contributed by atoms with E-state index in [1.165, 1.54) is 57.8 Å². The minimum Gasteiger partial charge on any atom is -0.479 e. The summed E-state index contributed by atoms with van der Waals surface area (Å²) in [6.45, 7) is 14.8. The second kappa shape index (κ2) is 11.8. The van der Waals surface area contributed by atoms with Crippen molar-refractivity contribution in [1.82, 2.24) is 4.90 Å². The number of ketones is 1. The van der Waals surface area contributed by atoms with Crippen LogP contribution in [0.25, 0.3) is 0 Å². The molecule has 7 nitrogen and oxygen atoms in total. The smallest absolute Gasteiger partial charge is 0.341 e. The van der Waals surface area contributed by atoms with E-state index in [-0.39, 0.29) is 0 Å². The maximum absolute atomic E-state index is 12.2. The third-order valence-corrected chi connectivity index (χ3v) is 12.0. The van der Waals surface area contributed by atoms with Crippen LogP contribution in [-0.4, -0.2) is 66.2 Å². The summed E-state index contributed by atoms with van der Waals surface area (Å²) in [5.41, 5.74) is 0.141. The number of esters is 1. The van der Waals surface area contributed by atoms with Crippen molar-refractivity contribution in [2.45, 2.75) is 105 Å². The van der Waals surface area contributed by atoms with Crippen LogP contribution >= 0.6 is 0 Å². The highest BCUT2D eigenvalue weighted by Gasteiger charge is 2.60. The van der Waals surface area contributed by atoms with Crippen molar-refractivity contribution in [3.8, 4) is 0 Å². The summed E-state index contributed by atoms with van der Waals surface area (Å²) in [7, 11) is 0. The van der Waals surface area contributed by atoms with E-state index in [1.54, 1.807) is 13.8 Å². The van der Waals surface area contributed by atoms with E-state index < -0.39 is 24.1 Å². The number of carbonyl (C=O) groups is 3. The number of nitrogens with zero attached hydrogens (tertiary/aromatic N) is 1. The van der Waals surface area contributed by atoms with E-state index in [0.717, 1.165) is 29.6 Å². The molecular formula is C32H53NO6. The number of fused-ring (bicyclic) bond motifs is 5. The molecule has 8 unspecified atom stereocenters. The van der Waals surface area contributed by atoms with Gasteiger partial charge in [-0.1, -0.05) is 27.2 Å². The van der Waals surface area contributed by atoms with Gasteiger partial charge in [0, 0.05) is 19.0 Å². The van der Waals surface area contributed by atoms with Crippen molar-refractivity contribution < 1.29 is 29.0 Å². The van der Waals surface area contributed by atoms with Crippen molar-refractivity contribution >= 4 is 17.7 Å². The Hall–Kier alpha value is -1.47. The first kappa shape index (κ1) is 30.5. The topological polar surface area (TPSA) is 93.1 Å². The SMILES string of the molecule is CC(=O)C1CCC2C3CCC4CC(C)CCC4(C)C3CCC12C.CC(C)(C(=O)OCC(=O)O)N1CCOCC1. The summed E-state index contributed by atoms with van der Waals surface area (Å²) in [5, 5.41) is 8.43. The maximum Gasteiger partial charge on any atom is 0.341 e. The first-order chi connectivity index (χ1) is 18.3. The van der Waals surface area contributed by atoms with Gasteiger partial charge in [-0.15, -0.1) is 0 Å². The lowest BCUT2D eigenvalue weighted by Gasteiger charge is -2.61. The molecule has 5 aliphatic rings. The van der Waals surface area contributed by atoms with Gasteiger partial charge in [0.05, 0.1) is 13.2 Å². The number of rotatable bonds is 5. The van der Waals surface area contributed by atoms with E-state index in [0.29, 0.717) is 48.8 Å². The molecule has 39 heavy (non-hydrogen) atoms. The second-order valence-electron chi connectivity index (χ2n) is 14.4. The van der Waals surface area contributed by atoms with Crippen molar-refractivity contribution in [3.63, 3.8) is 0 Å². The third-order valence-electron chi connectivity index (χ3n) is 12.0.